The average Bonchev–Trinajstić information content (AvgIpc) is 3.37. The molecule has 0 bridgehead atoms. The fourth-order valence-electron chi connectivity index (χ4n) is 3.63. The topological polar surface area (TPSA) is 97.8 Å². The predicted octanol–water partition coefficient (Wildman–Crippen LogP) is 5.29. The quantitative estimate of drug-likeness (QED) is 0.320. The molecule has 0 aliphatic heterocycles. The molecule has 8 nitrogen and oxygen atoms in total. The molecule has 0 atom stereocenters. The van der Waals surface area contributed by atoms with Crippen molar-refractivity contribution in [2.45, 2.75) is 11.8 Å². The molecular weight excluding hydrogens is 498 g/mol. The van der Waals surface area contributed by atoms with Gasteiger partial charge in [0.2, 0.25) is 0 Å². The van der Waals surface area contributed by atoms with Gasteiger partial charge in [0, 0.05) is 29.1 Å². The molecule has 4 rings (SSSR count). The lowest BCUT2D eigenvalue weighted by Crippen LogP contribution is -2.30. The fraction of sp³-hybridized carbons (Fsp3) is 0.154. The molecule has 3 aromatic carbocycles. The Morgan fingerprint density at radius 3 is 2.36 bits per heavy atom. The number of hydrogen-bond acceptors (Lipinski definition) is 7. The van der Waals surface area contributed by atoms with E-state index < -0.39 is 15.9 Å². The highest BCUT2D eigenvalue weighted by atomic mass is 32.2. The van der Waals surface area contributed by atoms with Gasteiger partial charge in [-0.05, 0) is 55.5 Å². The van der Waals surface area contributed by atoms with E-state index in [1.54, 1.807) is 51.5 Å². The summed E-state index contributed by atoms with van der Waals surface area (Å²) in [6.45, 7) is 2.05. The lowest BCUT2D eigenvalue weighted by Gasteiger charge is -2.22. The van der Waals surface area contributed by atoms with E-state index in [1.807, 2.05) is 23.6 Å². The largest absolute Gasteiger partial charge is 0.497 e. The molecule has 1 amide bonds. The molecule has 1 heterocycles. The number of nitrogens with one attached hydrogen (secondary N) is 1. The molecule has 1 N–H and O–H groups in total. The number of hydrogen-bond donors (Lipinski definition) is 1. The monoisotopic (exact) mass is 523 g/mol. The molecule has 36 heavy (non-hydrogen) atoms. The number of para-hydroxylation sites is 1. The standard InChI is InChI=1S/C26H25N3O5S2/c1-4-29(19-8-6-5-7-9-19)36(31,32)21-13-10-18(11-14-21)25(30)28-26-27-23(17-35-26)22-15-12-20(33-2)16-24(22)34-3/h5-17H,4H2,1-3H3,(H,27,28,30). The summed E-state index contributed by atoms with van der Waals surface area (Å²) in [7, 11) is -0.628. The third-order valence-corrected chi connectivity index (χ3v) is 8.12. The van der Waals surface area contributed by atoms with Crippen LogP contribution in [0.4, 0.5) is 10.8 Å². The summed E-state index contributed by atoms with van der Waals surface area (Å²) in [5.74, 6) is 0.874. The zero-order valence-corrected chi connectivity index (χ0v) is 21.6. The Morgan fingerprint density at radius 2 is 1.72 bits per heavy atom. The Hall–Kier alpha value is -3.89. The number of amides is 1. The third kappa shape index (κ3) is 5.19. The van der Waals surface area contributed by atoms with E-state index in [9.17, 15) is 13.2 Å². The number of nitrogens with zero attached hydrogens (tertiary/aromatic N) is 2. The van der Waals surface area contributed by atoms with Gasteiger partial charge in [0.25, 0.3) is 15.9 Å². The van der Waals surface area contributed by atoms with Gasteiger partial charge in [0.1, 0.15) is 11.5 Å². The van der Waals surface area contributed by atoms with Crippen LogP contribution in [0.15, 0.2) is 83.1 Å². The number of rotatable bonds is 9. The van der Waals surface area contributed by atoms with Gasteiger partial charge in [-0.15, -0.1) is 11.3 Å². The van der Waals surface area contributed by atoms with E-state index in [2.05, 4.69) is 10.3 Å². The van der Waals surface area contributed by atoms with Crippen LogP contribution in [0.2, 0.25) is 0 Å². The average molecular weight is 524 g/mol. The zero-order valence-electron chi connectivity index (χ0n) is 20.0. The summed E-state index contributed by atoms with van der Waals surface area (Å²) in [6, 6.07) is 20.1. The molecule has 186 valence electrons. The van der Waals surface area contributed by atoms with E-state index in [4.69, 9.17) is 9.47 Å². The van der Waals surface area contributed by atoms with Gasteiger partial charge in [-0.25, -0.2) is 13.4 Å². The Morgan fingerprint density at radius 1 is 1.00 bits per heavy atom. The summed E-state index contributed by atoms with van der Waals surface area (Å²) in [5.41, 5.74) is 2.31. The SMILES string of the molecule is CCN(c1ccccc1)S(=O)(=O)c1ccc(C(=O)Nc2nc(-c3ccc(OC)cc3OC)cs2)cc1. The molecule has 0 unspecified atom stereocenters. The smallest absolute Gasteiger partial charge is 0.264 e. The van der Waals surface area contributed by atoms with E-state index in [0.717, 1.165) is 5.56 Å². The molecule has 0 saturated carbocycles. The van der Waals surface area contributed by atoms with Crippen molar-refractivity contribution in [2.75, 3.05) is 30.4 Å². The van der Waals surface area contributed by atoms with Crippen LogP contribution in [-0.2, 0) is 10.0 Å². The molecule has 4 aromatic rings. The van der Waals surface area contributed by atoms with E-state index in [-0.39, 0.29) is 11.4 Å². The molecule has 1 aromatic heterocycles. The van der Waals surface area contributed by atoms with Crippen LogP contribution in [-0.4, -0.2) is 40.1 Å². The summed E-state index contributed by atoms with van der Waals surface area (Å²) in [6.07, 6.45) is 0. The second-order valence-corrected chi connectivity index (χ2v) is 10.3. The molecule has 10 heteroatoms. The van der Waals surface area contributed by atoms with Gasteiger partial charge >= 0.3 is 0 Å². The summed E-state index contributed by atoms with van der Waals surface area (Å²) in [4.78, 5) is 17.4. The van der Waals surface area contributed by atoms with Crippen LogP contribution in [0.25, 0.3) is 11.3 Å². The van der Waals surface area contributed by atoms with Crippen LogP contribution in [0, 0.1) is 0 Å². The highest BCUT2D eigenvalue weighted by molar-refractivity contribution is 7.92. The van der Waals surface area contributed by atoms with Crippen molar-refractivity contribution >= 4 is 38.1 Å². The van der Waals surface area contributed by atoms with Crippen LogP contribution in [0.3, 0.4) is 0 Å². The lowest BCUT2D eigenvalue weighted by atomic mass is 10.1. The fourth-order valence-corrected chi connectivity index (χ4v) is 5.80. The normalized spacial score (nSPS) is 11.1. The Kier molecular flexibility index (Phi) is 7.56. The number of sulfonamides is 1. The number of methoxy groups -OCH3 is 2. The maximum absolute atomic E-state index is 13.2. The third-order valence-electron chi connectivity index (χ3n) is 5.45. The number of thiazole rings is 1. The van der Waals surface area contributed by atoms with Gasteiger partial charge in [-0.3, -0.25) is 14.4 Å². The molecule has 0 spiro atoms. The molecule has 0 aliphatic carbocycles. The second-order valence-electron chi connectivity index (χ2n) is 7.59. The number of ether oxygens (including phenoxy) is 2. The van der Waals surface area contributed by atoms with Crippen molar-refractivity contribution in [3.63, 3.8) is 0 Å². The maximum Gasteiger partial charge on any atom is 0.264 e. The van der Waals surface area contributed by atoms with Crippen LogP contribution in [0.5, 0.6) is 11.5 Å². The molecule has 0 aliphatic rings. The van der Waals surface area contributed by atoms with Crippen LogP contribution < -0.4 is 19.1 Å². The van der Waals surface area contributed by atoms with Crippen LogP contribution >= 0.6 is 11.3 Å². The summed E-state index contributed by atoms with van der Waals surface area (Å²) < 4.78 is 38.3. The molecular formula is C26H25N3O5S2. The minimum Gasteiger partial charge on any atom is -0.497 e. The summed E-state index contributed by atoms with van der Waals surface area (Å²) in [5, 5.41) is 5.00. The molecule has 0 fully saturated rings. The van der Waals surface area contributed by atoms with Crippen molar-refractivity contribution in [2.24, 2.45) is 0 Å². The van der Waals surface area contributed by atoms with Crippen molar-refractivity contribution in [3.8, 4) is 22.8 Å². The first kappa shape index (κ1) is 25.2. The first-order valence-electron chi connectivity index (χ1n) is 11.0. The second kappa shape index (κ2) is 10.8. The number of carbonyl (C=O) groups is 1. The van der Waals surface area contributed by atoms with Gasteiger partial charge in [0.05, 0.1) is 30.5 Å². The predicted molar refractivity (Wildman–Crippen MR) is 142 cm³/mol. The van der Waals surface area contributed by atoms with Crippen LogP contribution in [0.1, 0.15) is 17.3 Å². The molecule has 0 radical (unpaired) electrons. The van der Waals surface area contributed by atoms with Gasteiger partial charge in [-0.1, -0.05) is 18.2 Å². The first-order valence-corrected chi connectivity index (χ1v) is 13.4. The first-order chi connectivity index (χ1) is 17.4. The van der Waals surface area contributed by atoms with E-state index in [1.165, 1.54) is 39.9 Å². The Labute approximate surface area is 214 Å². The van der Waals surface area contributed by atoms with Crippen molar-refractivity contribution < 1.29 is 22.7 Å². The number of aromatic nitrogens is 1. The maximum atomic E-state index is 13.2. The van der Waals surface area contributed by atoms with Crippen molar-refractivity contribution in [1.29, 1.82) is 0 Å². The minimum atomic E-state index is -3.77. The van der Waals surface area contributed by atoms with Gasteiger partial charge < -0.3 is 9.47 Å². The van der Waals surface area contributed by atoms with E-state index >= 15 is 0 Å². The lowest BCUT2D eigenvalue weighted by molar-refractivity contribution is 0.102. The van der Waals surface area contributed by atoms with E-state index in [0.29, 0.717) is 33.6 Å². The zero-order chi connectivity index (χ0) is 25.7. The number of benzene rings is 3. The van der Waals surface area contributed by atoms with Crippen molar-refractivity contribution in [1.82, 2.24) is 4.98 Å². The highest BCUT2D eigenvalue weighted by Crippen LogP contribution is 2.35. The van der Waals surface area contributed by atoms with Crippen molar-refractivity contribution in [3.05, 3.63) is 83.7 Å². The summed E-state index contributed by atoms with van der Waals surface area (Å²) >= 11 is 1.28. The Bertz CT molecular complexity index is 1450. The van der Waals surface area contributed by atoms with Gasteiger partial charge in [0.15, 0.2) is 5.13 Å². The highest BCUT2D eigenvalue weighted by Gasteiger charge is 2.24. The van der Waals surface area contributed by atoms with Gasteiger partial charge in [-0.2, -0.15) is 0 Å². The number of carbonyl (C=O) groups excluding carboxylic acids is 1. The molecule has 0 saturated heterocycles. The Balaban J connectivity index is 1.50. The number of anilines is 2. The minimum absolute atomic E-state index is 0.105.